The summed E-state index contributed by atoms with van der Waals surface area (Å²) >= 11 is 0. The van der Waals surface area contributed by atoms with Gasteiger partial charge in [-0.25, -0.2) is 0 Å². The summed E-state index contributed by atoms with van der Waals surface area (Å²) in [5.41, 5.74) is 7.24. The van der Waals surface area contributed by atoms with E-state index in [0.29, 0.717) is 5.96 Å². The molecule has 0 atom stereocenters. The van der Waals surface area contributed by atoms with Gasteiger partial charge in [0, 0.05) is 39.3 Å². The van der Waals surface area contributed by atoms with Gasteiger partial charge in [-0.05, 0) is 56.5 Å². The van der Waals surface area contributed by atoms with Gasteiger partial charge >= 0.3 is 0 Å². The summed E-state index contributed by atoms with van der Waals surface area (Å²) in [6.07, 6.45) is 4.60. The van der Waals surface area contributed by atoms with Crippen molar-refractivity contribution in [2.75, 3.05) is 72.2 Å². The lowest BCUT2D eigenvalue weighted by atomic mass is 10.1. The highest BCUT2D eigenvalue weighted by atomic mass is 127. The lowest BCUT2D eigenvalue weighted by molar-refractivity contribution is 0.0377. The van der Waals surface area contributed by atoms with Crippen LogP contribution >= 0.6 is 24.0 Å². The molecule has 0 radical (unpaired) electrons. The van der Waals surface area contributed by atoms with Crippen LogP contribution in [0.1, 0.15) is 24.8 Å². The molecule has 0 bridgehead atoms. The SMILES string of the molecule is I.NC(=NCCCN1CCOCC1)NCCc1ccc(OCCN2CCCC2)cc1. The quantitative estimate of drug-likeness (QED) is 0.197. The van der Waals surface area contributed by atoms with Gasteiger partial charge in [0.15, 0.2) is 5.96 Å². The molecule has 0 unspecified atom stereocenters. The zero-order valence-corrected chi connectivity index (χ0v) is 20.4. The zero-order chi connectivity index (χ0) is 20.2. The van der Waals surface area contributed by atoms with Crippen LogP contribution in [0.25, 0.3) is 0 Å². The van der Waals surface area contributed by atoms with E-state index in [4.69, 9.17) is 15.2 Å². The molecular formula is C22H38IN5O2. The summed E-state index contributed by atoms with van der Waals surface area (Å²) in [6, 6.07) is 8.37. The predicted molar refractivity (Wildman–Crippen MR) is 133 cm³/mol. The Morgan fingerprint density at radius 1 is 1.03 bits per heavy atom. The first-order valence-electron chi connectivity index (χ1n) is 11.1. The van der Waals surface area contributed by atoms with E-state index in [0.717, 1.165) is 77.7 Å². The second kappa shape index (κ2) is 14.8. The van der Waals surface area contributed by atoms with E-state index in [9.17, 15) is 0 Å². The maximum absolute atomic E-state index is 5.97. The molecule has 0 saturated carbocycles. The Morgan fingerprint density at radius 3 is 2.47 bits per heavy atom. The minimum atomic E-state index is 0. The first kappa shape index (κ1) is 25.2. The molecular weight excluding hydrogens is 493 g/mol. The Bertz CT molecular complexity index is 602. The second-order valence-electron chi connectivity index (χ2n) is 7.79. The number of hydrogen-bond donors (Lipinski definition) is 2. The highest BCUT2D eigenvalue weighted by Gasteiger charge is 2.11. The number of rotatable bonds is 11. The van der Waals surface area contributed by atoms with Crippen molar-refractivity contribution in [1.82, 2.24) is 15.1 Å². The van der Waals surface area contributed by atoms with E-state index in [1.807, 2.05) is 0 Å². The average molecular weight is 531 g/mol. The van der Waals surface area contributed by atoms with Gasteiger partial charge < -0.3 is 20.5 Å². The number of nitrogens with two attached hydrogens (primary N) is 1. The highest BCUT2D eigenvalue weighted by molar-refractivity contribution is 14.0. The van der Waals surface area contributed by atoms with Crippen LogP contribution in [0.3, 0.4) is 0 Å². The molecule has 2 fully saturated rings. The molecule has 0 aromatic heterocycles. The fourth-order valence-corrected chi connectivity index (χ4v) is 3.76. The largest absolute Gasteiger partial charge is 0.492 e. The van der Waals surface area contributed by atoms with E-state index < -0.39 is 0 Å². The molecule has 2 heterocycles. The Kier molecular flexibility index (Phi) is 12.4. The smallest absolute Gasteiger partial charge is 0.188 e. The number of likely N-dealkylation sites (tertiary alicyclic amines) is 1. The van der Waals surface area contributed by atoms with Crippen LogP contribution in [0.2, 0.25) is 0 Å². The van der Waals surface area contributed by atoms with Crippen molar-refractivity contribution in [3.63, 3.8) is 0 Å². The summed E-state index contributed by atoms with van der Waals surface area (Å²) in [5.74, 6) is 1.48. The first-order chi connectivity index (χ1) is 14.3. The van der Waals surface area contributed by atoms with E-state index in [1.54, 1.807) is 0 Å². The third kappa shape index (κ3) is 9.80. The van der Waals surface area contributed by atoms with Crippen LogP contribution in [0, 0.1) is 0 Å². The number of guanidine groups is 1. The zero-order valence-electron chi connectivity index (χ0n) is 18.1. The number of nitrogens with zero attached hydrogens (tertiary/aromatic N) is 3. The van der Waals surface area contributed by atoms with Crippen LogP contribution in [-0.2, 0) is 11.2 Å². The van der Waals surface area contributed by atoms with E-state index in [2.05, 4.69) is 44.4 Å². The van der Waals surface area contributed by atoms with E-state index in [1.165, 1.54) is 31.5 Å². The third-order valence-electron chi connectivity index (χ3n) is 5.54. The normalized spacial score (nSPS) is 18.2. The fourth-order valence-electron chi connectivity index (χ4n) is 3.76. The minimum Gasteiger partial charge on any atom is -0.492 e. The van der Waals surface area contributed by atoms with Crippen LogP contribution in [0.5, 0.6) is 5.75 Å². The number of morpholine rings is 1. The van der Waals surface area contributed by atoms with Crippen molar-refractivity contribution in [2.45, 2.75) is 25.7 Å². The number of ether oxygens (including phenoxy) is 2. The standard InChI is InChI=1S/C22H37N5O2.HI/c23-22(24-9-3-13-27-14-17-28-18-15-27)25-10-8-20-4-6-21(7-5-20)29-19-16-26-11-1-2-12-26;/h4-7H,1-3,8-19H2,(H3,23,24,25);1H. The van der Waals surface area contributed by atoms with Gasteiger partial charge in [-0.15, -0.1) is 24.0 Å². The Hall–Kier alpha value is -1.10. The molecule has 3 rings (SSSR count). The molecule has 2 aliphatic heterocycles. The summed E-state index contributed by atoms with van der Waals surface area (Å²) in [6.45, 7) is 10.6. The van der Waals surface area contributed by atoms with Crippen molar-refractivity contribution >= 4 is 29.9 Å². The molecule has 0 spiro atoms. The fraction of sp³-hybridized carbons (Fsp3) is 0.682. The monoisotopic (exact) mass is 531 g/mol. The third-order valence-corrected chi connectivity index (χ3v) is 5.54. The lowest BCUT2D eigenvalue weighted by Crippen LogP contribution is -2.37. The highest BCUT2D eigenvalue weighted by Crippen LogP contribution is 2.13. The maximum Gasteiger partial charge on any atom is 0.188 e. The van der Waals surface area contributed by atoms with Crippen LogP contribution in [-0.4, -0.2) is 87.9 Å². The number of aliphatic imine (C=N–C) groups is 1. The molecule has 7 nitrogen and oxygen atoms in total. The summed E-state index contributed by atoms with van der Waals surface area (Å²) in [7, 11) is 0. The molecule has 0 aliphatic carbocycles. The van der Waals surface area contributed by atoms with Crippen molar-refractivity contribution < 1.29 is 9.47 Å². The first-order valence-corrected chi connectivity index (χ1v) is 11.1. The Balaban J connectivity index is 0.00000320. The van der Waals surface area contributed by atoms with Crippen molar-refractivity contribution in [3.8, 4) is 5.75 Å². The van der Waals surface area contributed by atoms with Gasteiger partial charge in [0.2, 0.25) is 0 Å². The number of halogens is 1. The topological polar surface area (TPSA) is 75.3 Å². The maximum atomic E-state index is 5.97. The predicted octanol–water partition coefficient (Wildman–Crippen LogP) is 1.95. The lowest BCUT2D eigenvalue weighted by Gasteiger charge is -2.26. The molecule has 2 aliphatic rings. The second-order valence-corrected chi connectivity index (χ2v) is 7.79. The van der Waals surface area contributed by atoms with Gasteiger partial charge in [-0.2, -0.15) is 0 Å². The van der Waals surface area contributed by atoms with E-state index >= 15 is 0 Å². The number of nitrogens with one attached hydrogen (secondary N) is 1. The van der Waals surface area contributed by atoms with Crippen LogP contribution in [0.4, 0.5) is 0 Å². The molecule has 1 aromatic rings. The molecule has 8 heteroatoms. The van der Waals surface area contributed by atoms with Gasteiger partial charge in [0.05, 0.1) is 13.2 Å². The van der Waals surface area contributed by atoms with Crippen LogP contribution < -0.4 is 15.8 Å². The Labute approximate surface area is 198 Å². The summed E-state index contributed by atoms with van der Waals surface area (Å²) < 4.78 is 11.2. The Morgan fingerprint density at radius 2 is 1.73 bits per heavy atom. The van der Waals surface area contributed by atoms with Gasteiger partial charge in [0.1, 0.15) is 12.4 Å². The molecule has 0 amide bonds. The molecule has 170 valence electrons. The molecule has 3 N–H and O–H groups in total. The summed E-state index contributed by atoms with van der Waals surface area (Å²) in [4.78, 5) is 9.31. The van der Waals surface area contributed by atoms with Crippen molar-refractivity contribution in [3.05, 3.63) is 29.8 Å². The average Bonchev–Trinajstić information content (AvgIpc) is 3.27. The van der Waals surface area contributed by atoms with E-state index in [-0.39, 0.29) is 24.0 Å². The minimum absolute atomic E-state index is 0. The number of hydrogen-bond acceptors (Lipinski definition) is 5. The molecule has 30 heavy (non-hydrogen) atoms. The van der Waals surface area contributed by atoms with Gasteiger partial charge in [-0.3, -0.25) is 14.8 Å². The van der Waals surface area contributed by atoms with Crippen molar-refractivity contribution in [1.29, 1.82) is 0 Å². The van der Waals surface area contributed by atoms with Gasteiger partial charge in [-0.1, -0.05) is 12.1 Å². The summed E-state index contributed by atoms with van der Waals surface area (Å²) in [5, 5.41) is 3.21. The number of benzene rings is 1. The van der Waals surface area contributed by atoms with Crippen LogP contribution in [0.15, 0.2) is 29.3 Å². The molecule has 2 saturated heterocycles. The molecule has 1 aromatic carbocycles. The van der Waals surface area contributed by atoms with Gasteiger partial charge in [0.25, 0.3) is 0 Å². The van der Waals surface area contributed by atoms with Crippen molar-refractivity contribution in [2.24, 2.45) is 10.7 Å².